The molecule has 0 aromatic heterocycles. The number of rotatable bonds is 4. The van der Waals surface area contributed by atoms with Crippen LogP contribution in [0.15, 0.2) is 18.2 Å². The summed E-state index contributed by atoms with van der Waals surface area (Å²) in [7, 11) is 1.75. The second-order valence-electron chi connectivity index (χ2n) is 7.50. The topological polar surface area (TPSA) is 69.3 Å². The highest BCUT2D eigenvalue weighted by atomic mass is 16.6. The predicted octanol–water partition coefficient (Wildman–Crippen LogP) is 2.06. The lowest BCUT2D eigenvalue weighted by atomic mass is 9.87. The van der Waals surface area contributed by atoms with Crippen molar-refractivity contribution in [3.05, 3.63) is 18.2 Å². The maximum atomic E-state index is 12.6. The Kier molecular flexibility index (Phi) is 5.52. The zero-order valence-corrected chi connectivity index (χ0v) is 15.9. The van der Waals surface area contributed by atoms with E-state index in [1.54, 1.807) is 7.11 Å². The molecule has 3 heterocycles. The third-order valence-electron chi connectivity index (χ3n) is 5.60. The number of methoxy groups -OCH3 is 1. The van der Waals surface area contributed by atoms with Gasteiger partial charge in [0, 0.05) is 45.0 Å². The fraction of sp³-hybridized carbons (Fsp3) is 0.650. The SMILES string of the molecule is CO[C@H]1CCN(CC(=O)Nc2ccc3c(c2)OCCCO3)C[C@@]12CCCO2. The molecular weight excluding hydrogens is 348 g/mol. The van der Waals surface area contributed by atoms with Crippen molar-refractivity contribution in [3.8, 4) is 11.5 Å². The van der Waals surface area contributed by atoms with Gasteiger partial charge in [-0.15, -0.1) is 0 Å². The molecule has 0 unspecified atom stereocenters. The Morgan fingerprint density at radius 3 is 2.89 bits per heavy atom. The molecule has 1 amide bonds. The molecule has 7 nitrogen and oxygen atoms in total. The summed E-state index contributed by atoms with van der Waals surface area (Å²) in [5.74, 6) is 1.38. The van der Waals surface area contributed by atoms with Gasteiger partial charge in [-0.2, -0.15) is 0 Å². The lowest BCUT2D eigenvalue weighted by Crippen LogP contribution is -2.58. The Labute approximate surface area is 159 Å². The molecule has 27 heavy (non-hydrogen) atoms. The van der Waals surface area contributed by atoms with E-state index in [4.69, 9.17) is 18.9 Å². The van der Waals surface area contributed by atoms with Crippen LogP contribution in [0, 0.1) is 0 Å². The number of ether oxygens (including phenoxy) is 4. The molecule has 3 aliphatic rings. The first-order chi connectivity index (χ1) is 13.2. The molecule has 1 N–H and O–H groups in total. The second kappa shape index (κ2) is 8.04. The van der Waals surface area contributed by atoms with E-state index >= 15 is 0 Å². The number of benzene rings is 1. The normalized spacial score (nSPS) is 28.1. The van der Waals surface area contributed by atoms with E-state index in [0.29, 0.717) is 25.5 Å². The fourth-order valence-electron chi connectivity index (χ4n) is 4.33. The Balaban J connectivity index is 1.36. The molecular formula is C20H28N2O5. The Morgan fingerprint density at radius 2 is 2.11 bits per heavy atom. The summed E-state index contributed by atoms with van der Waals surface area (Å²) in [6, 6.07) is 5.53. The van der Waals surface area contributed by atoms with Gasteiger partial charge in [-0.25, -0.2) is 0 Å². The molecule has 1 aromatic carbocycles. The first kappa shape index (κ1) is 18.5. The predicted molar refractivity (Wildman–Crippen MR) is 100 cm³/mol. The van der Waals surface area contributed by atoms with Gasteiger partial charge in [-0.3, -0.25) is 9.69 Å². The number of carbonyl (C=O) groups is 1. The van der Waals surface area contributed by atoms with E-state index in [1.807, 2.05) is 18.2 Å². The maximum absolute atomic E-state index is 12.6. The molecule has 148 valence electrons. The molecule has 0 radical (unpaired) electrons. The van der Waals surface area contributed by atoms with Gasteiger partial charge in [-0.05, 0) is 31.4 Å². The number of fused-ring (bicyclic) bond motifs is 1. The molecule has 1 aromatic rings. The van der Waals surface area contributed by atoms with Gasteiger partial charge in [-0.1, -0.05) is 0 Å². The summed E-state index contributed by atoms with van der Waals surface area (Å²) in [5.41, 5.74) is 0.463. The average molecular weight is 376 g/mol. The lowest BCUT2D eigenvalue weighted by Gasteiger charge is -2.44. The number of piperidine rings is 1. The largest absolute Gasteiger partial charge is 0.490 e. The third kappa shape index (κ3) is 4.05. The summed E-state index contributed by atoms with van der Waals surface area (Å²) in [6.45, 7) is 3.96. The highest BCUT2D eigenvalue weighted by Crippen LogP contribution is 2.36. The summed E-state index contributed by atoms with van der Waals surface area (Å²) in [5, 5.41) is 2.98. The van der Waals surface area contributed by atoms with Gasteiger partial charge in [0.05, 0.1) is 25.9 Å². The van der Waals surface area contributed by atoms with Crippen molar-refractivity contribution < 1.29 is 23.7 Å². The van der Waals surface area contributed by atoms with Gasteiger partial charge in [0.25, 0.3) is 0 Å². The number of nitrogens with one attached hydrogen (secondary N) is 1. The summed E-state index contributed by atoms with van der Waals surface area (Å²) in [4.78, 5) is 14.7. The minimum absolute atomic E-state index is 0.0338. The van der Waals surface area contributed by atoms with Crippen molar-refractivity contribution in [2.24, 2.45) is 0 Å². The van der Waals surface area contributed by atoms with Gasteiger partial charge < -0.3 is 24.3 Å². The molecule has 2 saturated heterocycles. The minimum atomic E-state index is -0.261. The molecule has 2 fully saturated rings. The molecule has 4 rings (SSSR count). The summed E-state index contributed by atoms with van der Waals surface area (Å²) >= 11 is 0. The van der Waals surface area contributed by atoms with Crippen molar-refractivity contribution in [1.82, 2.24) is 4.90 Å². The highest BCUT2D eigenvalue weighted by Gasteiger charge is 2.47. The Hall–Kier alpha value is -1.83. The quantitative estimate of drug-likeness (QED) is 0.868. The van der Waals surface area contributed by atoms with Crippen LogP contribution in [0.2, 0.25) is 0 Å². The summed E-state index contributed by atoms with van der Waals surface area (Å²) in [6.07, 6.45) is 3.90. The maximum Gasteiger partial charge on any atom is 0.238 e. The number of likely N-dealkylation sites (tertiary alicyclic amines) is 1. The third-order valence-corrected chi connectivity index (χ3v) is 5.60. The number of hydrogen-bond donors (Lipinski definition) is 1. The van der Waals surface area contributed by atoms with Crippen LogP contribution in [0.5, 0.6) is 11.5 Å². The number of hydrogen-bond acceptors (Lipinski definition) is 6. The van der Waals surface area contributed by atoms with Gasteiger partial charge in [0.15, 0.2) is 11.5 Å². The number of anilines is 1. The van der Waals surface area contributed by atoms with E-state index in [2.05, 4.69) is 10.2 Å². The Bertz CT molecular complexity index is 674. The van der Waals surface area contributed by atoms with Crippen molar-refractivity contribution in [2.75, 3.05) is 51.9 Å². The van der Waals surface area contributed by atoms with Crippen LogP contribution >= 0.6 is 0 Å². The number of amides is 1. The van der Waals surface area contributed by atoms with Crippen molar-refractivity contribution in [3.63, 3.8) is 0 Å². The number of carbonyl (C=O) groups excluding carboxylic acids is 1. The molecule has 0 saturated carbocycles. The van der Waals surface area contributed by atoms with Crippen LogP contribution < -0.4 is 14.8 Å². The van der Waals surface area contributed by atoms with Gasteiger partial charge >= 0.3 is 0 Å². The second-order valence-corrected chi connectivity index (χ2v) is 7.50. The van der Waals surface area contributed by atoms with E-state index in [1.165, 1.54) is 0 Å². The number of nitrogens with zero attached hydrogens (tertiary/aromatic N) is 1. The minimum Gasteiger partial charge on any atom is -0.490 e. The van der Waals surface area contributed by atoms with Gasteiger partial charge in [0.2, 0.25) is 5.91 Å². The standard InChI is InChI=1S/C20H28N2O5/c1-24-18-6-8-22(14-20(18)7-2-11-27-20)13-19(23)21-15-4-5-16-17(12-15)26-10-3-9-25-16/h4-5,12,18H,2-3,6-11,13-14H2,1H3,(H,21,23)/t18-,20-/m0/s1. The van der Waals surface area contributed by atoms with Crippen LogP contribution in [0.1, 0.15) is 25.7 Å². The van der Waals surface area contributed by atoms with Crippen LogP contribution in [0.25, 0.3) is 0 Å². The van der Waals surface area contributed by atoms with E-state index in [0.717, 1.165) is 56.8 Å². The van der Waals surface area contributed by atoms with Crippen molar-refractivity contribution in [1.29, 1.82) is 0 Å². The smallest absolute Gasteiger partial charge is 0.238 e. The van der Waals surface area contributed by atoms with E-state index in [-0.39, 0.29) is 17.6 Å². The fourth-order valence-corrected chi connectivity index (χ4v) is 4.33. The molecule has 2 atom stereocenters. The van der Waals surface area contributed by atoms with E-state index in [9.17, 15) is 4.79 Å². The Morgan fingerprint density at radius 1 is 1.26 bits per heavy atom. The first-order valence-corrected chi connectivity index (χ1v) is 9.77. The molecule has 7 heteroatoms. The van der Waals surface area contributed by atoms with Crippen molar-refractivity contribution >= 4 is 11.6 Å². The zero-order chi connectivity index (χ0) is 18.7. The highest BCUT2D eigenvalue weighted by molar-refractivity contribution is 5.92. The molecule has 3 aliphatic heterocycles. The van der Waals surface area contributed by atoms with Crippen molar-refractivity contribution in [2.45, 2.75) is 37.4 Å². The first-order valence-electron chi connectivity index (χ1n) is 9.77. The average Bonchev–Trinajstić information content (AvgIpc) is 2.98. The zero-order valence-electron chi connectivity index (χ0n) is 15.9. The van der Waals surface area contributed by atoms with E-state index < -0.39 is 0 Å². The van der Waals surface area contributed by atoms with Crippen LogP contribution in [-0.2, 0) is 14.3 Å². The van der Waals surface area contributed by atoms with Crippen LogP contribution in [0.3, 0.4) is 0 Å². The van der Waals surface area contributed by atoms with Gasteiger partial charge in [0.1, 0.15) is 5.60 Å². The van der Waals surface area contributed by atoms with Crippen LogP contribution in [-0.4, -0.2) is 69.1 Å². The van der Waals surface area contributed by atoms with Crippen LogP contribution in [0.4, 0.5) is 5.69 Å². The molecule has 1 spiro atoms. The molecule has 0 bridgehead atoms. The monoisotopic (exact) mass is 376 g/mol. The molecule has 0 aliphatic carbocycles. The lowest BCUT2D eigenvalue weighted by molar-refractivity contribution is -0.146. The summed E-state index contributed by atoms with van der Waals surface area (Å²) < 4.78 is 23.0.